The van der Waals surface area contributed by atoms with Gasteiger partial charge in [0.1, 0.15) is 5.75 Å². The second-order valence-electron chi connectivity index (χ2n) is 4.80. The molecule has 4 nitrogen and oxygen atoms in total. The third kappa shape index (κ3) is 1.84. The molecule has 2 saturated heterocycles. The maximum atomic E-state index is 11.8. The number of phenolic OH excluding ortho intramolecular Hbond substituents is 1. The fraction of sp³-hybridized carbons (Fsp3) is 0.462. The van der Waals surface area contributed by atoms with Crippen molar-refractivity contribution in [2.45, 2.75) is 31.3 Å². The Labute approximate surface area is 100 Å². The largest absolute Gasteiger partial charge is 0.508 e. The Morgan fingerprint density at radius 2 is 2.06 bits per heavy atom. The summed E-state index contributed by atoms with van der Waals surface area (Å²) in [6, 6.07) is 7.58. The van der Waals surface area contributed by atoms with Gasteiger partial charge in [-0.05, 0) is 37.1 Å². The molecule has 2 fully saturated rings. The standard InChI is InChI=1S/C13H16N2O2/c16-10-5-3-9(4-6-10)14-11-8-13(17)15-7-1-2-12(11)15/h3-6,11-12,14,16H,1-2,7-8H2. The average Bonchev–Trinajstić information content (AvgIpc) is 2.88. The lowest BCUT2D eigenvalue weighted by molar-refractivity contribution is -0.127. The Balaban J connectivity index is 1.73. The lowest BCUT2D eigenvalue weighted by Gasteiger charge is -2.21. The zero-order valence-corrected chi connectivity index (χ0v) is 9.60. The Hall–Kier alpha value is -1.71. The molecule has 0 aliphatic carbocycles. The van der Waals surface area contributed by atoms with Gasteiger partial charge in [0.2, 0.25) is 5.91 Å². The van der Waals surface area contributed by atoms with Gasteiger partial charge in [-0.2, -0.15) is 0 Å². The molecular weight excluding hydrogens is 216 g/mol. The minimum atomic E-state index is 0.217. The van der Waals surface area contributed by atoms with Gasteiger partial charge in [0.05, 0.1) is 12.1 Å². The van der Waals surface area contributed by atoms with E-state index < -0.39 is 0 Å². The Bertz CT molecular complexity index is 430. The molecule has 1 aromatic carbocycles. The number of hydrogen-bond acceptors (Lipinski definition) is 3. The van der Waals surface area contributed by atoms with Crippen molar-refractivity contribution in [2.75, 3.05) is 11.9 Å². The molecule has 2 aliphatic heterocycles. The van der Waals surface area contributed by atoms with Gasteiger partial charge in [0.15, 0.2) is 0 Å². The lowest BCUT2D eigenvalue weighted by atomic mass is 10.1. The molecule has 0 aromatic heterocycles. The molecule has 1 amide bonds. The van der Waals surface area contributed by atoms with E-state index in [4.69, 9.17) is 0 Å². The van der Waals surface area contributed by atoms with Crippen LogP contribution < -0.4 is 5.32 Å². The van der Waals surface area contributed by atoms with Gasteiger partial charge in [-0.25, -0.2) is 0 Å². The predicted octanol–water partition coefficient (Wildman–Crippen LogP) is 1.57. The highest BCUT2D eigenvalue weighted by Gasteiger charge is 2.42. The summed E-state index contributed by atoms with van der Waals surface area (Å²) < 4.78 is 0. The molecule has 4 heteroatoms. The summed E-state index contributed by atoms with van der Waals surface area (Å²) in [4.78, 5) is 13.8. The smallest absolute Gasteiger partial charge is 0.225 e. The van der Waals surface area contributed by atoms with Crippen LogP contribution in [-0.4, -0.2) is 34.5 Å². The van der Waals surface area contributed by atoms with Gasteiger partial charge in [0, 0.05) is 18.7 Å². The first-order chi connectivity index (χ1) is 8.24. The maximum absolute atomic E-state index is 11.8. The van der Waals surface area contributed by atoms with Crippen molar-refractivity contribution in [2.24, 2.45) is 0 Å². The summed E-state index contributed by atoms with van der Waals surface area (Å²) in [6.07, 6.45) is 2.80. The molecule has 2 atom stereocenters. The van der Waals surface area contributed by atoms with Crippen LogP contribution in [0.5, 0.6) is 5.75 Å². The minimum absolute atomic E-state index is 0.217. The molecule has 2 unspecified atom stereocenters. The Morgan fingerprint density at radius 1 is 1.29 bits per heavy atom. The van der Waals surface area contributed by atoms with E-state index in [2.05, 4.69) is 5.32 Å². The van der Waals surface area contributed by atoms with Crippen molar-refractivity contribution in [1.29, 1.82) is 0 Å². The predicted molar refractivity (Wildman–Crippen MR) is 64.9 cm³/mol. The summed E-state index contributed by atoms with van der Waals surface area (Å²) in [5.41, 5.74) is 0.967. The zero-order valence-electron chi connectivity index (χ0n) is 9.60. The van der Waals surface area contributed by atoms with Gasteiger partial charge in [-0.1, -0.05) is 0 Å². The van der Waals surface area contributed by atoms with E-state index in [-0.39, 0.29) is 17.7 Å². The van der Waals surface area contributed by atoms with E-state index >= 15 is 0 Å². The van der Waals surface area contributed by atoms with Gasteiger partial charge in [0.25, 0.3) is 0 Å². The number of aromatic hydroxyl groups is 1. The lowest BCUT2D eigenvalue weighted by Crippen LogP contribution is -2.34. The first kappa shape index (κ1) is 10.4. The van der Waals surface area contributed by atoms with Crippen LogP contribution in [0.1, 0.15) is 19.3 Å². The number of phenols is 1. The van der Waals surface area contributed by atoms with Gasteiger partial charge >= 0.3 is 0 Å². The van der Waals surface area contributed by atoms with Crippen LogP contribution in [0, 0.1) is 0 Å². The normalized spacial score (nSPS) is 27.3. The highest BCUT2D eigenvalue weighted by atomic mass is 16.3. The monoisotopic (exact) mass is 232 g/mol. The van der Waals surface area contributed by atoms with E-state index in [1.807, 2.05) is 17.0 Å². The third-order valence-electron chi connectivity index (χ3n) is 3.70. The molecule has 0 spiro atoms. The number of carbonyl (C=O) groups is 1. The fourth-order valence-electron chi connectivity index (χ4n) is 2.88. The number of nitrogens with one attached hydrogen (secondary N) is 1. The molecule has 17 heavy (non-hydrogen) atoms. The molecule has 1 aromatic rings. The van der Waals surface area contributed by atoms with Crippen LogP contribution in [0.15, 0.2) is 24.3 Å². The highest BCUT2D eigenvalue weighted by Crippen LogP contribution is 2.31. The molecule has 0 saturated carbocycles. The number of carbonyl (C=O) groups excluding carboxylic acids is 1. The Kier molecular flexibility index (Phi) is 2.42. The molecule has 2 heterocycles. The third-order valence-corrected chi connectivity index (χ3v) is 3.70. The summed E-state index contributed by atoms with van der Waals surface area (Å²) in [5.74, 6) is 0.532. The van der Waals surface area contributed by atoms with Gasteiger partial charge < -0.3 is 15.3 Å². The molecule has 0 bridgehead atoms. The van der Waals surface area contributed by atoms with Crippen LogP contribution in [0.25, 0.3) is 0 Å². The summed E-state index contributed by atoms with van der Waals surface area (Å²) >= 11 is 0. The number of amides is 1. The van der Waals surface area contributed by atoms with Crippen LogP contribution in [0.3, 0.4) is 0 Å². The highest BCUT2D eigenvalue weighted by molar-refractivity contribution is 5.81. The number of rotatable bonds is 2. The van der Waals surface area contributed by atoms with E-state index in [9.17, 15) is 9.90 Å². The zero-order chi connectivity index (χ0) is 11.8. The number of fused-ring (bicyclic) bond motifs is 1. The molecule has 3 rings (SSSR count). The topological polar surface area (TPSA) is 52.6 Å². The minimum Gasteiger partial charge on any atom is -0.508 e. The Morgan fingerprint density at radius 3 is 2.82 bits per heavy atom. The molecular formula is C13H16N2O2. The van der Waals surface area contributed by atoms with Crippen molar-refractivity contribution < 1.29 is 9.90 Å². The van der Waals surface area contributed by atoms with Crippen LogP contribution >= 0.6 is 0 Å². The van der Waals surface area contributed by atoms with Gasteiger partial charge in [-0.3, -0.25) is 4.79 Å². The van der Waals surface area contributed by atoms with Crippen LogP contribution in [0.2, 0.25) is 0 Å². The quantitative estimate of drug-likeness (QED) is 0.761. The van der Waals surface area contributed by atoms with E-state index in [0.717, 1.165) is 25.1 Å². The fourth-order valence-corrected chi connectivity index (χ4v) is 2.88. The van der Waals surface area contributed by atoms with E-state index in [1.54, 1.807) is 12.1 Å². The second-order valence-corrected chi connectivity index (χ2v) is 4.80. The number of anilines is 1. The van der Waals surface area contributed by atoms with E-state index in [0.29, 0.717) is 12.5 Å². The number of benzene rings is 1. The van der Waals surface area contributed by atoms with Crippen molar-refractivity contribution in [3.63, 3.8) is 0 Å². The van der Waals surface area contributed by atoms with Crippen LogP contribution in [-0.2, 0) is 4.79 Å². The van der Waals surface area contributed by atoms with Crippen molar-refractivity contribution in [3.8, 4) is 5.75 Å². The van der Waals surface area contributed by atoms with Crippen molar-refractivity contribution in [1.82, 2.24) is 4.90 Å². The summed E-state index contributed by atoms with van der Waals surface area (Å²) in [7, 11) is 0. The first-order valence-corrected chi connectivity index (χ1v) is 6.09. The molecule has 0 radical (unpaired) electrons. The van der Waals surface area contributed by atoms with Gasteiger partial charge in [-0.15, -0.1) is 0 Å². The number of nitrogens with zero attached hydrogens (tertiary/aromatic N) is 1. The van der Waals surface area contributed by atoms with Crippen molar-refractivity contribution >= 4 is 11.6 Å². The SMILES string of the molecule is O=C1CC(Nc2ccc(O)cc2)C2CCCN12. The molecule has 2 N–H and O–H groups in total. The average molecular weight is 232 g/mol. The molecule has 2 aliphatic rings. The summed E-state index contributed by atoms with van der Waals surface area (Å²) in [5, 5.41) is 12.6. The summed E-state index contributed by atoms with van der Waals surface area (Å²) in [6.45, 7) is 0.914. The number of hydrogen-bond donors (Lipinski definition) is 2. The second kappa shape index (κ2) is 3.95. The van der Waals surface area contributed by atoms with Crippen molar-refractivity contribution in [3.05, 3.63) is 24.3 Å². The maximum Gasteiger partial charge on any atom is 0.225 e. The van der Waals surface area contributed by atoms with E-state index in [1.165, 1.54) is 0 Å². The molecule has 90 valence electrons. The first-order valence-electron chi connectivity index (χ1n) is 6.09. The van der Waals surface area contributed by atoms with Crippen LogP contribution in [0.4, 0.5) is 5.69 Å².